The first-order valence-corrected chi connectivity index (χ1v) is 7.28. The molecule has 0 spiro atoms. The SMILES string of the molecule is c1ccc(COc2ccc([C@@H]3CCCCN3)cn2)cc1. The van der Waals surface area contributed by atoms with Crippen molar-refractivity contribution in [2.75, 3.05) is 6.54 Å². The topological polar surface area (TPSA) is 34.1 Å². The Bertz CT molecular complexity index is 518. The van der Waals surface area contributed by atoms with Crippen molar-refractivity contribution in [2.45, 2.75) is 31.9 Å². The van der Waals surface area contributed by atoms with Gasteiger partial charge in [0.1, 0.15) is 6.61 Å². The van der Waals surface area contributed by atoms with Crippen molar-refractivity contribution in [3.05, 3.63) is 59.8 Å². The lowest BCUT2D eigenvalue weighted by Crippen LogP contribution is -2.26. The average Bonchev–Trinajstić information content (AvgIpc) is 2.55. The number of piperidine rings is 1. The number of rotatable bonds is 4. The van der Waals surface area contributed by atoms with Gasteiger partial charge in [0.15, 0.2) is 0 Å². The summed E-state index contributed by atoms with van der Waals surface area (Å²) in [7, 11) is 0. The number of hydrogen-bond acceptors (Lipinski definition) is 3. The van der Waals surface area contributed by atoms with Gasteiger partial charge in [0.05, 0.1) is 0 Å². The standard InChI is InChI=1S/C17H20N2O/c1-2-6-14(7-3-1)13-20-17-10-9-15(12-19-17)16-8-4-5-11-18-16/h1-3,6-7,9-10,12,16,18H,4-5,8,11,13H2/t16-/m0/s1. The Labute approximate surface area is 120 Å². The van der Waals surface area contributed by atoms with Crippen LogP contribution in [0.4, 0.5) is 0 Å². The number of nitrogens with one attached hydrogen (secondary N) is 1. The summed E-state index contributed by atoms with van der Waals surface area (Å²) < 4.78 is 5.70. The molecule has 2 heterocycles. The van der Waals surface area contributed by atoms with Gasteiger partial charge in [-0.25, -0.2) is 4.98 Å². The van der Waals surface area contributed by atoms with E-state index in [1.807, 2.05) is 30.5 Å². The first-order chi connectivity index (χ1) is 9.92. The third-order valence-electron chi connectivity index (χ3n) is 3.70. The molecule has 0 saturated carbocycles. The summed E-state index contributed by atoms with van der Waals surface area (Å²) in [5.41, 5.74) is 2.42. The summed E-state index contributed by atoms with van der Waals surface area (Å²) in [6.45, 7) is 1.67. The van der Waals surface area contributed by atoms with E-state index in [4.69, 9.17) is 4.74 Å². The molecule has 0 radical (unpaired) electrons. The molecule has 3 nitrogen and oxygen atoms in total. The van der Waals surface area contributed by atoms with Gasteiger partial charge in [-0.3, -0.25) is 0 Å². The monoisotopic (exact) mass is 268 g/mol. The first kappa shape index (κ1) is 13.1. The summed E-state index contributed by atoms with van der Waals surface area (Å²) in [5.74, 6) is 0.688. The molecule has 2 aromatic rings. The number of pyridine rings is 1. The summed E-state index contributed by atoms with van der Waals surface area (Å²) in [6.07, 6.45) is 5.71. The largest absolute Gasteiger partial charge is 0.473 e. The maximum atomic E-state index is 5.70. The quantitative estimate of drug-likeness (QED) is 0.922. The van der Waals surface area contributed by atoms with Crippen LogP contribution >= 0.6 is 0 Å². The number of nitrogens with zero attached hydrogens (tertiary/aromatic N) is 1. The van der Waals surface area contributed by atoms with Gasteiger partial charge >= 0.3 is 0 Å². The summed E-state index contributed by atoms with van der Waals surface area (Å²) in [5, 5.41) is 3.53. The minimum Gasteiger partial charge on any atom is -0.473 e. The van der Waals surface area contributed by atoms with E-state index in [0.29, 0.717) is 18.5 Å². The van der Waals surface area contributed by atoms with Crippen molar-refractivity contribution >= 4 is 0 Å². The van der Waals surface area contributed by atoms with Crippen LogP contribution in [-0.4, -0.2) is 11.5 Å². The molecular weight excluding hydrogens is 248 g/mol. The average molecular weight is 268 g/mol. The number of benzene rings is 1. The van der Waals surface area contributed by atoms with E-state index < -0.39 is 0 Å². The van der Waals surface area contributed by atoms with Gasteiger partial charge in [0, 0.05) is 18.3 Å². The fraction of sp³-hybridized carbons (Fsp3) is 0.353. The van der Waals surface area contributed by atoms with Gasteiger partial charge in [-0.15, -0.1) is 0 Å². The molecule has 0 unspecified atom stereocenters. The molecule has 1 aliphatic rings. The number of ether oxygens (including phenoxy) is 1. The lowest BCUT2D eigenvalue weighted by Gasteiger charge is -2.23. The molecule has 1 atom stereocenters. The van der Waals surface area contributed by atoms with Crippen LogP contribution in [0, 0.1) is 0 Å². The highest BCUT2D eigenvalue weighted by Gasteiger charge is 2.14. The van der Waals surface area contributed by atoms with E-state index in [1.165, 1.54) is 24.8 Å². The molecule has 0 bridgehead atoms. The molecule has 1 N–H and O–H groups in total. The normalized spacial score (nSPS) is 18.7. The van der Waals surface area contributed by atoms with Crippen molar-refractivity contribution in [3.8, 4) is 5.88 Å². The lowest BCUT2D eigenvalue weighted by atomic mass is 9.99. The second-order valence-electron chi connectivity index (χ2n) is 5.21. The molecule has 20 heavy (non-hydrogen) atoms. The zero-order valence-corrected chi connectivity index (χ0v) is 11.6. The van der Waals surface area contributed by atoms with Crippen LogP contribution in [0.15, 0.2) is 48.7 Å². The van der Waals surface area contributed by atoms with Crippen LogP contribution in [0.3, 0.4) is 0 Å². The number of hydrogen-bond donors (Lipinski definition) is 1. The van der Waals surface area contributed by atoms with Gasteiger partial charge in [-0.2, -0.15) is 0 Å². The van der Waals surface area contributed by atoms with Crippen LogP contribution in [0.1, 0.15) is 36.4 Å². The fourth-order valence-electron chi connectivity index (χ4n) is 2.55. The highest BCUT2D eigenvalue weighted by molar-refractivity contribution is 5.22. The van der Waals surface area contributed by atoms with Gasteiger partial charge in [0.2, 0.25) is 5.88 Å². The van der Waals surface area contributed by atoms with Gasteiger partial charge in [0.25, 0.3) is 0 Å². The van der Waals surface area contributed by atoms with Crippen LogP contribution in [0.25, 0.3) is 0 Å². The minimum absolute atomic E-state index is 0.458. The molecule has 3 rings (SSSR count). The molecule has 1 aromatic heterocycles. The molecule has 0 aliphatic carbocycles. The Morgan fingerprint density at radius 2 is 2.00 bits per heavy atom. The van der Waals surface area contributed by atoms with Crippen molar-refractivity contribution in [2.24, 2.45) is 0 Å². The molecule has 1 aliphatic heterocycles. The van der Waals surface area contributed by atoms with Crippen molar-refractivity contribution in [3.63, 3.8) is 0 Å². The highest BCUT2D eigenvalue weighted by Crippen LogP contribution is 2.23. The zero-order valence-electron chi connectivity index (χ0n) is 11.6. The van der Waals surface area contributed by atoms with Crippen LogP contribution in [0.2, 0.25) is 0 Å². The Kier molecular flexibility index (Phi) is 4.28. The van der Waals surface area contributed by atoms with E-state index in [9.17, 15) is 0 Å². The maximum absolute atomic E-state index is 5.70. The predicted molar refractivity (Wildman–Crippen MR) is 79.6 cm³/mol. The molecule has 3 heteroatoms. The fourth-order valence-corrected chi connectivity index (χ4v) is 2.55. The van der Waals surface area contributed by atoms with E-state index >= 15 is 0 Å². The number of aromatic nitrogens is 1. The Balaban J connectivity index is 1.58. The minimum atomic E-state index is 0.458. The third-order valence-corrected chi connectivity index (χ3v) is 3.70. The van der Waals surface area contributed by atoms with E-state index in [1.54, 1.807) is 0 Å². The van der Waals surface area contributed by atoms with Gasteiger partial charge in [-0.05, 0) is 30.5 Å². The molecular formula is C17H20N2O. The van der Waals surface area contributed by atoms with Crippen LogP contribution in [0.5, 0.6) is 5.88 Å². The lowest BCUT2D eigenvalue weighted by molar-refractivity contribution is 0.293. The maximum Gasteiger partial charge on any atom is 0.213 e. The molecule has 1 saturated heterocycles. The molecule has 0 amide bonds. The summed E-state index contributed by atoms with van der Waals surface area (Å²) >= 11 is 0. The van der Waals surface area contributed by atoms with Gasteiger partial charge in [-0.1, -0.05) is 42.8 Å². The van der Waals surface area contributed by atoms with Crippen molar-refractivity contribution < 1.29 is 4.74 Å². The predicted octanol–water partition coefficient (Wildman–Crippen LogP) is 3.48. The molecule has 1 fully saturated rings. The molecule has 1 aromatic carbocycles. The summed E-state index contributed by atoms with van der Waals surface area (Å²) in [6, 6.07) is 14.7. The first-order valence-electron chi connectivity index (χ1n) is 7.28. The van der Waals surface area contributed by atoms with Crippen molar-refractivity contribution in [1.29, 1.82) is 0 Å². The second-order valence-corrected chi connectivity index (χ2v) is 5.21. The van der Waals surface area contributed by atoms with Crippen LogP contribution < -0.4 is 10.1 Å². The summed E-state index contributed by atoms with van der Waals surface area (Å²) in [4.78, 5) is 4.41. The van der Waals surface area contributed by atoms with Crippen LogP contribution in [-0.2, 0) is 6.61 Å². The van der Waals surface area contributed by atoms with Gasteiger partial charge < -0.3 is 10.1 Å². The Morgan fingerprint density at radius 1 is 1.10 bits per heavy atom. The second kappa shape index (κ2) is 6.53. The smallest absolute Gasteiger partial charge is 0.213 e. The Hall–Kier alpha value is -1.87. The zero-order chi connectivity index (χ0) is 13.6. The molecule has 104 valence electrons. The van der Waals surface area contributed by atoms with E-state index in [-0.39, 0.29) is 0 Å². The van der Waals surface area contributed by atoms with E-state index in [2.05, 4.69) is 28.5 Å². The van der Waals surface area contributed by atoms with Crippen molar-refractivity contribution in [1.82, 2.24) is 10.3 Å². The third kappa shape index (κ3) is 3.36. The Morgan fingerprint density at radius 3 is 2.70 bits per heavy atom. The van der Waals surface area contributed by atoms with E-state index in [0.717, 1.165) is 12.1 Å². The highest BCUT2D eigenvalue weighted by atomic mass is 16.5.